The Hall–Kier alpha value is -7.70. The van der Waals surface area contributed by atoms with Crippen molar-refractivity contribution in [2.75, 3.05) is 78.5 Å². The fourth-order valence-electron chi connectivity index (χ4n) is 12.1. The van der Waals surface area contributed by atoms with E-state index in [0.29, 0.717) is 54.3 Å². The first-order valence-electron chi connectivity index (χ1n) is 32.9. The third-order valence-electron chi connectivity index (χ3n) is 17.1. The molecular formula is C74H98N14O8S4. The van der Waals surface area contributed by atoms with E-state index in [1.807, 2.05) is 32.9 Å². The number of aryl methyl sites for hydroxylation is 4. The van der Waals surface area contributed by atoms with E-state index in [1.54, 1.807) is 49.6 Å². The summed E-state index contributed by atoms with van der Waals surface area (Å²) in [4.78, 5) is 73.2. The standard InChI is InChI=1S/2C19H23N3O2.2C18H22N4O2.4H2S/c1-14-10-16(6-8-20-14)19(24)21-11-18(23)13-22-9-7-15-4-2-3-5-17(15)12-22;1-14-8-17(10-20-9-14)19(24)21-11-18(23)13-22-7-6-15-4-2-3-5-16(15)12-22;1-13-8-16(9-20-21-13)18(24)19-10-17(23)12-22-7-6-14-4-2-3-5-15(14)11-22;1-13-8-17(21-12-20-13)18(24)19-9-16(23)11-22-7-6-14-4-2-3-5-15(14)10-22;;;;/h2-6,8,10,18,23H,7,9,11-13H2,1H3,(H,21,24);2-5,8-10,18,23H,6-7,11-13H2,1H3,(H,21,24);2-5,8-9,17,23H,6-7,10-12H2,1H3,(H,19,24);2-5,8,12,16,23H,6-7,9-11H2,1H3,(H,19,24);4*1H2/t2*18-;17-;16-;;;;/m0000..../s1. The monoisotopic (exact) mass is 1440 g/mol. The van der Waals surface area contributed by atoms with Crippen LogP contribution in [-0.4, -0.2) is 197 Å². The zero-order chi connectivity index (χ0) is 67.8. The third-order valence-corrected chi connectivity index (χ3v) is 17.1. The van der Waals surface area contributed by atoms with Crippen LogP contribution in [0, 0.1) is 27.7 Å². The number of carbonyl (C=O) groups excluding carboxylic acids is 4. The molecule has 536 valence electrons. The number of fused-ring (bicyclic) bond motifs is 4. The minimum Gasteiger partial charge on any atom is -0.390 e. The van der Waals surface area contributed by atoms with Gasteiger partial charge in [0.2, 0.25) is 0 Å². The highest BCUT2D eigenvalue weighted by Crippen LogP contribution is 2.22. The molecule has 8 aromatic rings. The number of hydrogen-bond donors (Lipinski definition) is 8. The van der Waals surface area contributed by atoms with Crippen LogP contribution in [0.4, 0.5) is 0 Å². The van der Waals surface area contributed by atoms with Gasteiger partial charge in [-0.3, -0.25) is 48.7 Å². The van der Waals surface area contributed by atoms with Gasteiger partial charge in [0, 0.05) is 140 Å². The van der Waals surface area contributed by atoms with Gasteiger partial charge in [-0.2, -0.15) is 64.2 Å². The summed E-state index contributed by atoms with van der Waals surface area (Å²) in [5.74, 6) is -0.905. The van der Waals surface area contributed by atoms with Crippen molar-refractivity contribution in [2.45, 2.75) is 104 Å². The fraction of sp³-hybridized carbons (Fsp3) is 0.378. The van der Waals surface area contributed by atoms with Gasteiger partial charge in [0.05, 0.1) is 47.4 Å². The Labute approximate surface area is 615 Å². The molecule has 26 heteroatoms. The number of nitrogens with zero attached hydrogens (tertiary/aromatic N) is 10. The Morgan fingerprint density at radius 1 is 0.400 bits per heavy atom. The van der Waals surface area contributed by atoms with E-state index in [4.69, 9.17) is 0 Å². The zero-order valence-electron chi connectivity index (χ0n) is 57.4. The maximum absolute atomic E-state index is 12.1. The highest BCUT2D eigenvalue weighted by molar-refractivity contribution is 7.59. The zero-order valence-corrected chi connectivity index (χ0v) is 61.4. The summed E-state index contributed by atoms with van der Waals surface area (Å²) in [6.07, 6.45) is 9.28. The predicted molar refractivity (Wildman–Crippen MR) is 408 cm³/mol. The van der Waals surface area contributed by atoms with Crippen LogP contribution in [0.1, 0.15) is 109 Å². The number of aliphatic hydroxyl groups excluding tert-OH is 4. The predicted octanol–water partition coefficient (Wildman–Crippen LogP) is 5.40. The molecule has 0 bridgehead atoms. The van der Waals surface area contributed by atoms with Crippen LogP contribution < -0.4 is 21.3 Å². The molecule has 0 spiro atoms. The lowest BCUT2D eigenvalue weighted by molar-refractivity contribution is 0.0836. The molecule has 0 fully saturated rings. The van der Waals surface area contributed by atoms with Crippen LogP contribution in [0.5, 0.6) is 0 Å². The number of aliphatic hydroxyl groups is 4. The molecule has 4 aromatic carbocycles. The van der Waals surface area contributed by atoms with Crippen molar-refractivity contribution in [1.29, 1.82) is 0 Å². The highest BCUT2D eigenvalue weighted by atomic mass is 32.1. The lowest BCUT2D eigenvalue weighted by atomic mass is 10.00. The molecule has 0 saturated carbocycles. The van der Waals surface area contributed by atoms with Crippen molar-refractivity contribution < 1.29 is 39.6 Å². The number of aromatic nitrogens is 6. The summed E-state index contributed by atoms with van der Waals surface area (Å²) in [6.45, 7) is 17.6. The number of β-amino-alcohol motifs (C(OH)–C–C–N with tert-alkyl or cyclic N) is 4. The van der Waals surface area contributed by atoms with Gasteiger partial charge in [0.25, 0.3) is 23.6 Å². The summed E-state index contributed by atoms with van der Waals surface area (Å²) in [5, 5.41) is 59.5. The van der Waals surface area contributed by atoms with E-state index in [-0.39, 0.29) is 104 Å². The van der Waals surface area contributed by atoms with Crippen molar-refractivity contribution in [3.8, 4) is 0 Å². The Balaban J connectivity index is 0.000000237. The summed E-state index contributed by atoms with van der Waals surface area (Å²) in [6, 6.07) is 42.2. The maximum Gasteiger partial charge on any atom is 0.270 e. The van der Waals surface area contributed by atoms with Crippen LogP contribution in [0.15, 0.2) is 159 Å². The second kappa shape index (κ2) is 42.5. The molecule has 22 nitrogen and oxygen atoms in total. The Bertz CT molecular complexity index is 3390. The summed E-state index contributed by atoms with van der Waals surface area (Å²) < 4.78 is 0. The van der Waals surface area contributed by atoms with Crippen molar-refractivity contribution in [3.63, 3.8) is 0 Å². The number of carbonyl (C=O) groups is 4. The number of rotatable bonds is 20. The minimum atomic E-state index is -0.609. The molecule has 4 atom stereocenters. The van der Waals surface area contributed by atoms with Gasteiger partial charge in [0.1, 0.15) is 12.0 Å². The average molecular weight is 1440 g/mol. The van der Waals surface area contributed by atoms with Crippen molar-refractivity contribution in [2.24, 2.45) is 0 Å². The molecule has 0 saturated heterocycles. The Kier molecular flexibility index (Phi) is 35.3. The van der Waals surface area contributed by atoms with Crippen LogP contribution in [0.2, 0.25) is 0 Å². The molecule has 0 radical (unpaired) electrons. The molecule has 4 aliphatic rings. The maximum atomic E-state index is 12.1. The van der Waals surface area contributed by atoms with Gasteiger partial charge in [-0.15, -0.1) is 0 Å². The molecular weight excluding hydrogens is 1340 g/mol. The lowest BCUT2D eigenvalue weighted by Crippen LogP contribution is -2.42. The van der Waals surface area contributed by atoms with E-state index in [9.17, 15) is 39.6 Å². The molecule has 8 heterocycles. The molecule has 0 unspecified atom stereocenters. The van der Waals surface area contributed by atoms with E-state index in [2.05, 4.69) is 156 Å². The summed E-state index contributed by atoms with van der Waals surface area (Å²) in [5.41, 5.74) is 15.9. The molecule has 12 rings (SSSR count). The van der Waals surface area contributed by atoms with Gasteiger partial charge >= 0.3 is 0 Å². The molecule has 0 aliphatic carbocycles. The minimum absolute atomic E-state index is 0. The second-order valence-corrected chi connectivity index (χ2v) is 25.0. The van der Waals surface area contributed by atoms with Gasteiger partial charge in [-0.05, 0) is 134 Å². The third kappa shape index (κ3) is 26.7. The molecule has 4 aliphatic heterocycles. The van der Waals surface area contributed by atoms with Gasteiger partial charge < -0.3 is 41.7 Å². The molecule has 4 aromatic heterocycles. The van der Waals surface area contributed by atoms with Crippen LogP contribution in [-0.2, 0) is 51.9 Å². The van der Waals surface area contributed by atoms with Crippen LogP contribution >= 0.6 is 54.0 Å². The van der Waals surface area contributed by atoms with E-state index in [1.165, 1.54) is 63.2 Å². The Morgan fingerprint density at radius 2 is 0.750 bits per heavy atom. The first-order chi connectivity index (χ1) is 46.5. The topological polar surface area (TPSA) is 288 Å². The first-order valence-corrected chi connectivity index (χ1v) is 32.9. The number of nitrogens with one attached hydrogen (secondary N) is 4. The quantitative estimate of drug-likeness (QED) is 0.0474. The Morgan fingerprint density at radius 3 is 1.12 bits per heavy atom. The van der Waals surface area contributed by atoms with Crippen molar-refractivity contribution >= 4 is 77.6 Å². The van der Waals surface area contributed by atoms with Crippen LogP contribution in [0.25, 0.3) is 0 Å². The second-order valence-electron chi connectivity index (χ2n) is 25.0. The number of amides is 4. The van der Waals surface area contributed by atoms with Crippen molar-refractivity contribution in [1.82, 2.24) is 71.0 Å². The first kappa shape index (κ1) is 83.0. The number of benzene rings is 4. The van der Waals surface area contributed by atoms with Gasteiger partial charge in [-0.1, -0.05) is 97.1 Å². The van der Waals surface area contributed by atoms with E-state index in [0.717, 1.165) is 95.0 Å². The van der Waals surface area contributed by atoms with Crippen LogP contribution in [0.3, 0.4) is 0 Å². The normalized spacial score (nSPS) is 15.0. The average Bonchev–Trinajstić information content (AvgIpc) is 0.862. The highest BCUT2D eigenvalue weighted by Gasteiger charge is 2.24. The largest absolute Gasteiger partial charge is 0.390 e. The fourth-order valence-corrected chi connectivity index (χ4v) is 12.1. The molecule has 8 N–H and O–H groups in total. The van der Waals surface area contributed by atoms with E-state index >= 15 is 0 Å². The van der Waals surface area contributed by atoms with E-state index < -0.39 is 24.4 Å². The van der Waals surface area contributed by atoms with Gasteiger partial charge in [0.15, 0.2) is 0 Å². The van der Waals surface area contributed by atoms with Gasteiger partial charge in [-0.25, -0.2) is 9.97 Å². The summed E-state index contributed by atoms with van der Waals surface area (Å²) in [7, 11) is 0. The smallest absolute Gasteiger partial charge is 0.270 e. The van der Waals surface area contributed by atoms with Crippen molar-refractivity contribution in [3.05, 3.63) is 248 Å². The molecule has 4 amide bonds. The summed E-state index contributed by atoms with van der Waals surface area (Å²) >= 11 is 0. The number of hydrogen-bond acceptors (Lipinski definition) is 18. The molecule has 100 heavy (non-hydrogen) atoms. The SMILES string of the molecule is Cc1cc(C(=O)NC[C@H](O)CN2CCc3ccccc3C2)ccn1.Cc1cc(C(=O)NC[C@H](O)CN2CCc3ccccc3C2)cnn1.Cc1cc(C(=O)NC[C@H](O)CN2CCc3ccccc3C2)ncn1.Cc1cncc(C(=O)NC[C@H](O)CN2CCc3ccccc3C2)c1.S.S.S.S. The lowest BCUT2D eigenvalue weighted by Gasteiger charge is -2.30. The number of pyridine rings is 2.